The largest absolute Gasteiger partial charge is 0.343 e. The molecule has 1 atom stereocenters. The molecule has 1 amide bonds. The van der Waals surface area contributed by atoms with Crippen molar-refractivity contribution in [2.75, 3.05) is 20.1 Å². The van der Waals surface area contributed by atoms with E-state index in [-0.39, 0.29) is 0 Å². The molecular weight excluding hydrogens is 236 g/mol. The molecule has 0 aromatic rings. The van der Waals surface area contributed by atoms with Crippen molar-refractivity contribution in [3.63, 3.8) is 0 Å². The van der Waals surface area contributed by atoms with Gasteiger partial charge in [0.1, 0.15) is 0 Å². The Bertz CT molecular complexity index is 235. The molecule has 0 aromatic heterocycles. The third-order valence-corrected chi connectivity index (χ3v) is 4.23. The number of nitrogens with one attached hydrogen (secondary N) is 1. The Kier molecular flexibility index (Phi) is 8.89. The highest BCUT2D eigenvalue weighted by atomic mass is 16.2. The summed E-state index contributed by atoms with van der Waals surface area (Å²) in [5.41, 5.74) is 0. The molecule has 3 heteroatoms. The van der Waals surface area contributed by atoms with Crippen molar-refractivity contribution in [3.8, 4) is 0 Å². The molecule has 1 N–H and O–H groups in total. The van der Waals surface area contributed by atoms with E-state index in [9.17, 15) is 4.79 Å². The first-order valence-corrected chi connectivity index (χ1v) is 8.22. The van der Waals surface area contributed by atoms with E-state index >= 15 is 0 Å². The van der Waals surface area contributed by atoms with Crippen molar-refractivity contribution in [1.29, 1.82) is 0 Å². The van der Waals surface area contributed by atoms with Crippen LogP contribution in [0.4, 0.5) is 0 Å². The minimum Gasteiger partial charge on any atom is -0.343 e. The van der Waals surface area contributed by atoms with Crippen LogP contribution >= 0.6 is 0 Å². The Morgan fingerprint density at radius 3 is 2.63 bits per heavy atom. The number of rotatable bonds is 8. The van der Waals surface area contributed by atoms with Gasteiger partial charge in [0.25, 0.3) is 0 Å². The van der Waals surface area contributed by atoms with Crippen LogP contribution in [0.15, 0.2) is 0 Å². The number of carbonyl (C=O) groups is 1. The van der Waals surface area contributed by atoms with Gasteiger partial charge in [0, 0.05) is 19.5 Å². The molecule has 1 aliphatic rings. The fourth-order valence-corrected chi connectivity index (χ4v) is 2.82. The smallest absolute Gasteiger partial charge is 0.222 e. The van der Waals surface area contributed by atoms with Crippen LogP contribution in [0.3, 0.4) is 0 Å². The SMILES string of the molecule is CCCCCCCCC(=O)N(C)C1CCCNCC1. The Morgan fingerprint density at radius 1 is 1.11 bits per heavy atom. The molecule has 1 rings (SSSR count). The third kappa shape index (κ3) is 6.95. The number of hydrogen-bond acceptors (Lipinski definition) is 2. The van der Waals surface area contributed by atoms with Gasteiger partial charge in [-0.1, -0.05) is 39.0 Å². The zero-order valence-corrected chi connectivity index (χ0v) is 12.9. The third-order valence-electron chi connectivity index (χ3n) is 4.23. The molecule has 3 nitrogen and oxygen atoms in total. The van der Waals surface area contributed by atoms with Gasteiger partial charge >= 0.3 is 0 Å². The standard InChI is InChI=1S/C16H32N2O/c1-3-4-5-6-7-8-11-16(19)18(2)15-10-9-13-17-14-12-15/h15,17H,3-14H2,1-2H3. The fourth-order valence-electron chi connectivity index (χ4n) is 2.82. The summed E-state index contributed by atoms with van der Waals surface area (Å²) >= 11 is 0. The predicted molar refractivity (Wildman–Crippen MR) is 81.3 cm³/mol. The maximum atomic E-state index is 12.1. The van der Waals surface area contributed by atoms with Crippen LogP contribution in [0, 0.1) is 0 Å². The number of nitrogens with zero attached hydrogens (tertiary/aromatic N) is 1. The Hall–Kier alpha value is -0.570. The lowest BCUT2D eigenvalue weighted by Crippen LogP contribution is -2.37. The average Bonchev–Trinajstić information content (AvgIpc) is 2.70. The predicted octanol–water partition coefficient (Wildman–Crippen LogP) is 3.34. The highest BCUT2D eigenvalue weighted by Gasteiger charge is 2.20. The number of carbonyl (C=O) groups excluding carboxylic acids is 1. The lowest BCUT2D eigenvalue weighted by Gasteiger charge is -2.27. The molecule has 0 aromatic carbocycles. The second-order valence-electron chi connectivity index (χ2n) is 5.86. The summed E-state index contributed by atoms with van der Waals surface area (Å²) in [6, 6.07) is 0.461. The van der Waals surface area contributed by atoms with Crippen LogP contribution < -0.4 is 5.32 Å². The van der Waals surface area contributed by atoms with E-state index in [0.717, 1.165) is 38.8 Å². The van der Waals surface area contributed by atoms with Gasteiger partial charge in [-0.25, -0.2) is 0 Å². The lowest BCUT2D eigenvalue weighted by molar-refractivity contribution is -0.132. The first-order valence-electron chi connectivity index (χ1n) is 8.22. The van der Waals surface area contributed by atoms with Crippen LogP contribution in [-0.2, 0) is 4.79 Å². The van der Waals surface area contributed by atoms with Gasteiger partial charge in [-0.3, -0.25) is 4.79 Å². The number of amides is 1. The number of unbranched alkanes of at least 4 members (excludes halogenated alkanes) is 5. The van der Waals surface area contributed by atoms with Gasteiger partial charge in [-0.05, 0) is 38.8 Å². The lowest BCUT2D eigenvalue weighted by atomic mass is 10.1. The summed E-state index contributed by atoms with van der Waals surface area (Å²) < 4.78 is 0. The maximum absolute atomic E-state index is 12.1. The molecule has 0 radical (unpaired) electrons. The Labute approximate surface area is 119 Å². The van der Waals surface area contributed by atoms with Crippen molar-refractivity contribution in [3.05, 3.63) is 0 Å². The summed E-state index contributed by atoms with van der Waals surface area (Å²) in [6.45, 7) is 4.40. The molecular formula is C16H32N2O. The maximum Gasteiger partial charge on any atom is 0.222 e. The highest BCUT2D eigenvalue weighted by Crippen LogP contribution is 2.14. The van der Waals surface area contributed by atoms with E-state index in [2.05, 4.69) is 12.2 Å². The molecule has 0 aliphatic carbocycles. The van der Waals surface area contributed by atoms with E-state index in [1.54, 1.807) is 0 Å². The first kappa shape index (κ1) is 16.5. The van der Waals surface area contributed by atoms with Gasteiger partial charge in [0.05, 0.1) is 0 Å². The van der Waals surface area contributed by atoms with Crippen LogP contribution in [0.2, 0.25) is 0 Å². The van der Waals surface area contributed by atoms with Gasteiger partial charge in [-0.15, -0.1) is 0 Å². The molecule has 112 valence electrons. The van der Waals surface area contributed by atoms with E-state index in [0.29, 0.717) is 11.9 Å². The number of hydrogen-bond donors (Lipinski definition) is 1. The summed E-state index contributed by atoms with van der Waals surface area (Å²) in [5, 5.41) is 3.40. The monoisotopic (exact) mass is 268 g/mol. The van der Waals surface area contributed by atoms with Gasteiger partial charge in [0.15, 0.2) is 0 Å². The molecule has 1 saturated heterocycles. The molecule has 0 bridgehead atoms. The first-order chi connectivity index (χ1) is 9.25. The summed E-state index contributed by atoms with van der Waals surface area (Å²) in [7, 11) is 2.00. The second-order valence-corrected chi connectivity index (χ2v) is 5.86. The summed E-state index contributed by atoms with van der Waals surface area (Å²) in [5.74, 6) is 0.349. The minimum atomic E-state index is 0.349. The van der Waals surface area contributed by atoms with E-state index in [4.69, 9.17) is 0 Å². The van der Waals surface area contributed by atoms with Crippen molar-refractivity contribution >= 4 is 5.91 Å². The van der Waals surface area contributed by atoms with Crippen molar-refractivity contribution < 1.29 is 4.79 Å². The zero-order valence-electron chi connectivity index (χ0n) is 12.9. The molecule has 0 saturated carbocycles. The molecule has 1 unspecified atom stereocenters. The normalized spacial score (nSPS) is 20.0. The van der Waals surface area contributed by atoms with Crippen LogP contribution in [0.1, 0.15) is 71.1 Å². The Morgan fingerprint density at radius 2 is 1.84 bits per heavy atom. The van der Waals surface area contributed by atoms with Crippen LogP contribution in [-0.4, -0.2) is 37.0 Å². The molecule has 1 fully saturated rings. The quantitative estimate of drug-likeness (QED) is 0.685. The molecule has 1 aliphatic heterocycles. The summed E-state index contributed by atoms with van der Waals surface area (Å²) in [4.78, 5) is 14.2. The minimum absolute atomic E-state index is 0.349. The van der Waals surface area contributed by atoms with Gasteiger partial charge in [-0.2, -0.15) is 0 Å². The zero-order chi connectivity index (χ0) is 13.9. The molecule has 0 spiro atoms. The Balaban J connectivity index is 2.13. The highest BCUT2D eigenvalue weighted by molar-refractivity contribution is 5.76. The van der Waals surface area contributed by atoms with Crippen LogP contribution in [0.5, 0.6) is 0 Å². The van der Waals surface area contributed by atoms with E-state index < -0.39 is 0 Å². The van der Waals surface area contributed by atoms with Gasteiger partial charge < -0.3 is 10.2 Å². The van der Waals surface area contributed by atoms with E-state index in [1.165, 1.54) is 38.5 Å². The van der Waals surface area contributed by atoms with Crippen molar-refractivity contribution in [2.24, 2.45) is 0 Å². The average molecular weight is 268 g/mol. The van der Waals surface area contributed by atoms with Crippen molar-refractivity contribution in [1.82, 2.24) is 10.2 Å². The topological polar surface area (TPSA) is 32.3 Å². The van der Waals surface area contributed by atoms with Crippen molar-refractivity contribution in [2.45, 2.75) is 77.2 Å². The van der Waals surface area contributed by atoms with Gasteiger partial charge in [0.2, 0.25) is 5.91 Å². The van der Waals surface area contributed by atoms with Crippen LogP contribution in [0.25, 0.3) is 0 Å². The molecule has 1 heterocycles. The summed E-state index contributed by atoms with van der Waals surface area (Å²) in [6.07, 6.45) is 11.7. The van der Waals surface area contributed by atoms with E-state index in [1.807, 2.05) is 11.9 Å². The second kappa shape index (κ2) is 10.2. The molecule has 19 heavy (non-hydrogen) atoms. The fraction of sp³-hybridized carbons (Fsp3) is 0.938.